The molecule has 0 aromatic heterocycles. The van der Waals surface area contributed by atoms with Crippen molar-refractivity contribution in [2.75, 3.05) is 13.2 Å². The number of amides is 2. The number of nitrogens with zero attached hydrogens (tertiary/aromatic N) is 2. The smallest absolute Gasteiger partial charge is 0.326 e. The molecule has 0 saturated carbocycles. The van der Waals surface area contributed by atoms with Crippen molar-refractivity contribution in [3.05, 3.63) is 37.2 Å². The molecule has 0 radical (unpaired) electrons. The molecule has 1 saturated heterocycles. The number of rotatable bonds is 5. The number of carbonyl (C=O) groups excluding carboxylic acids is 3. The van der Waals surface area contributed by atoms with Crippen molar-refractivity contribution in [2.45, 2.75) is 6.92 Å². The third-order valence-electron chi connectivity index (χ3n) is 3.03. The number of imide groups is 1. The summed E-state index contributed by atoms with van der Waals surface area (Å²) in [4.78, 5) is 46.5. The van der Waals surface area contributed by atoms with Gasteiger partial charge in [-0.05, 0) is 52.3 Å². The Kier molecular flexibility index (Phi) is 5.80. The Labute approximate surface area is 153 Å². The number of hydrogen-bond acceptors (Lipinski definition) is 8. The van der Waals surface area contributed by atoms with Gasteiger partial charge >= 0.3 is 11.7 Å². The molecule has 2 rings (SSSR count). The van der Waals surface area contributed by atoms with Crippen LogP contribution in [0.25, 0.3) is 6.08 Å². The van der Waals surface area contributed by atoms with E-state index in [0.29, 0.717) is 11.8 Å². The van der Waals surface area contributed by atoms with Crippen LogP contribution in [0.4, 0.5) is 10.5 Å². The summed E-state index contributed by atoms with van der Waals surface area (Å²) in [5.41, 5.74) is -0.315. The largest absolute Gasteiger partial charge is 0.501 e. The maximum Gasteiger partial charge on any atom is 0.326 e. The average Bonchev–Trinajstić information content (AvgIpc) is 2.78. The predicted molar refractivity (Wildman–Crippen MR) is 91.8 cm³/mol. The zero-order valence-electron chi connectivity index (χ0n) is 12.7. The summed E-state index contributed by atoms with van der Waals surface area (Å²) in [6.45, 7) is 1.21. The molecule has 25 heavy (non-hydrogen) atoms. The van der Waals surface area contributed by atoms with Gasteiger partial charge in [0, 0.05) is 6.07 Å². The number of halogens is 1. The molecule has 9 nitrogen and oxygen atoms in total. The van der Waals surface area contributed by atoms with Crippen LogP contribution in [-0.4, -0.2) is 45.2 Å². The van der Waals surface area contributed by atoms with Gasteiger partial charge in [-0.2, -0.15) is 0 Å². The molecule has 1 fully saturated rings. The summed E-state index contributed by atoms with van der Waals surface area (Å²) in [7, 11) is 0. The van der Waals surface area contributed by atoms with Crippen LogP contribution in [0.3, 0.4) is 0 Å². The summed E-state index contributed by atoms with van der Waals surface area (Å²) in [5.74, 6) is -1.96. The van der Waals surface area contributed by atoms with Gasteiger partial charge in [0.05, 0.1) is 20.9 Å². The number of nitro groups is 1. The Morgan fingerprint density at radius 2 is 2.16 bits per heavy atom. The molecule has 0 bridgehead atoms. The first-order chi connectivity index (χ1) is 11.7. The molecular formula is C14H11BrN2O7S. The van der Waals surface area contributed by atoms with Crippen LogP contribution >= 0.6 is 27.7 Å². The fourth-order valence-corrected chi connectivity index (χ4v) is 3.26. The second-order valence-corrected chi connectivity index (χ2v) is 6.55. The van der Waals surface area contributed by atoms with E-state index in [4.69, 9.17) is 4.74 Å². The number of ether oxygens (including phenoxy) is 1. The zero-order valence-corrected chi connectivity index (χ0v) is 15.1. The first-order valence-electron chi connectivity index (χ1n) is 6.82. The topological polar surface area (TPSA) is 127 Å². The molecule has 1 aromatic carbocycles. The number of phenolic OH excluding ortho intramolecular Hbond substituents is 1. The number of carbonyl (C=O) groups is 3. The summed E-state index contributed by atoms with van der Waals surface area (Å²) in [6.07, 6.45) is 1.27. The van der Waals surface area contributed by atoms with Crippen LogP contribution in [0.2, 0.25) is 0 Å². The van der Waals surface area contributed by atoms with E-state index in [9.17, 15) is 29.6 Å². The third kappa shape index (κ3) is 4.17. The molecule has 1 aliphatic heterocycles. The lowest BCUT2D eigenvalue weighted by Crippen LogP contribution is -2.34. The molecule has 132 valence electrons. The molecule has 1 N–H and O–H groups in total. The summed E-state index contributed by atoms with van der Waals surface area (Å²) >= 11 is 3.59. The van der Waals surface area contributed by atoms with Gasteiger partial charge in [0.1, 0.15) is 6.54 Å². The summed E-state index contributed by atoms with van der Waals surface area (Å²) in [5, 5.41) is 19.9. The van der Waals surface area contributed by atoms with Gasteiger partial charge in [0.15, 0.2) is 0 Å². The molecule has 0 spiro atoms. The van der Waals surface area contributed by atoms with Gasteiger partial charge in [0.25, 0.3) is 11.1 Å². The minimum atomic E-state index is -0.774. The van der Waals surface area contributed by atoms with Crippen molar-refractivity contribution >= 4 is 56.6 Å². The number of nitro benzene ring substituents is 1. The van der Waals surface area contributed by atoms with Gasteiger partial charge in [0.2, 0.25) is 5.75 Å². The monoisotopic (exact) mass is 430 g/mol. The Bertz CT molecular complexity index is 809. The molecule has 0 unspecified atom stereocenters. The highest BCUT2D eigenvalue weighted by Crippen LogP contribution is 2.37. The van der Waals surface area contributed by atoms with Crippen LogP contribution in [-0.2, 0) is 14.3 Å². The Balaban J connectivity index is 2.30. The van der Waals surface area contributed by atoms with Crippen molar-refractivity contribution in [1.82, 2.24) is 4.90 Å². The maximum atomic E-state index is 12.2. The Morgan fingerprint density at radius 3 is 2.76 bits per heavy atom. The minimum Gasteiger partial charge on any atom is -0.501 e. The van der Waals surface area contributed by atoms with Crippen molar-refractivity contribution < 1.29 is 29.2 Å². The highest BCUT2D eigenvalue weighted by Gasteiger charge is 2.36. The molecule has 1 aliphatic rings. The number of phenols is 1. The summed E-state index contributed by atoms with van der Waals surface area (Å²) < 4.78 is 4.77. The number of esters is 1. The van der Waals surface area contributed by atoms with E-state index in [1.165, 1.54) is 12.1 Å². The first-order valence-corrected chi connectivity index (χ1v) is 8.43. The average molecular weight is 431 g/mol. The second-order valence-electron chi connectivity index (χ2n) is 4.70. The van der Waals surface area contributed by atoms with E-state index in [-0.39, 0.29) is 21.5 Å². The molecule has 1 heterocycles. The van der Waals surface area contributed by atoms with Crippen molar-refractivity contribution in [2.24, 2.45) is 0 Å². The predicted octanol–water partition coefficient (Wildman–Crippen LogP) is 2.66. The minimum absolute atomic E-state index is 0.00110. The van der Waals surface area contributed by atoms with Gasteiger partial charge in [-0.3, -0.25) is 29.4 Å². The molecule has 0 atom stereocenters. The van der Waals surface area contributed by atoms with Crippen LogP contribution < -0.4 is 0 Å². The van der Waals surface area contributed by atoms with Crippen molar-refractivity contribution in [1.29, 1.82) is 0 Å². The van der Waals surface area contributed by atoms with E-state index in [0.717, 1.165) is 11.0 Å². The van der Waals surface area contributed by atoms with Crippen LogP contribution in [0, 0.1) is 10.1 Å². The lowest BCUT2D eigenvalue weighted by atomic mass is 10.1. The summed E-state index contributed by atoms with van der Waals surface area (Å²) in [6, 6.07) is 2.43. The quantitative estimate of drug-likeness (QED) is 0.326. The lowest BCUT2D eigenvalue weighted by Gasteiger charge is -2.10. The molecule has 2 amide bonds. The lowest BCUT2D eigenvalue weighted by molar-refractivity contribution is -0.386. The molecule has 11 heteroatoms. The number of thioether (sulfide) groups is 1. The zero-order chi connectivity index (χ0) is 18.7. The van der Waals surface area contributed by atoms with Gasteiger partial charge < -0.3 is 9.84 Å². The third-order valence-corrected chi connectivity index (χ3v) is 4.54. The highest BCUT2D eigenvalue weighted by atomic mass is 79.9. The van der Waals surface area contributed by atoms with E-state index in [1.54, 1.807) is 6.92 Å². The number of hydrogen-bond donors (Lipinski definition) is 1. The van der Waals surface area contributed by atoms with Crippen molar-refractivity contribution in [3.63, 3.8) is 0 Å². The highest BCUT2D eigenvalue weighted by molar-refractivity contribution is 9.10. The maximum absolute atomic E-state index is 12.2. The van der Waals surface area contributed by atoms with Crippen LogP contribution in [0.1, 0.15) is 12.5 Å². The van der Waals surface area contributed by atoms with E-state index < -0.39 is 40.0 Å². The number of benzene rings is 1. The number of aromatic hydroxyl groups is 1. The standard InChI is InChI=1S/C14H11BrN2O7S/c1-2-24-11(18)6-16-13(20)10(25-14(16)21)5-7-3-8(15)12(19)9(4-7)17(22)23/h3-5,19H,2,6H2,1H3/b10-5+. The first kappa shape index (κ1) is 18.9. The Hall–Kier alpha value is -2.40. The van der Waals surface area contributed by atoms with Gasteiger partial charge in [-0.15, -0.1) is 0 Å². The molecule has 0 aliphatic carbocycles. The van der Waals surface area contributed by atoms with E-state index in [1.807, 2.05) is 0 Å². The molecular weight excluding hydrogens is 420 g/mol. The van der Waals surface area contributed by atoms with Crippen LogP contribution in [0.15, 0.2) is 21.5 Å². The van der Waals surface area contributed by atoms with Gasteiger partial charge in [-0.25, -0.2) is 0 Å². The van der Waals surface area contributed by atoms with Gasteiger partial charge in [-0.1, -0.05) is 0 Å². The van der Waals surface area contributed by atoms with Crippen LogP contribution in [0.5, 0.6) is 5.75 Å². The SMILES string of the molecule is CCOC(=O)CN1C(=O)S/C(=C/c2cc(Br)c(O)c([N+](=O)[O-])c2)C1=O. The van der Waals surface area contributed by atoms with E-state index >= 15 is 0 Å². The normalized spacial score (nSPS) is 15.8. The van der Waals surface area contributed by atoms with E-state index in [2.05, 4.69) is 15.9 Å². The van der Waals surface area contributed by atoms with Crippen molar-refractivity contribution in [3.8, 4) is 5.75 Å². The fraction of sp³-hybridized carbons (Fsp3) is 0.214. The molecule has 1 aromatic rings. The Morgan fingerprint density at radius 1 is 1.48 bits per heavy atom. The fourth-order valence-electron chi connectivity index (χ4n) is 1.95. The second kappa shape index (κ2) is 7.66.